The first kappa shape index (κ1) is 58.6. The number of halogens is 1. The second kappa shape index (κ2) is 24.8. The second-order valence-corrected chi connectivity index (χ2v) is 23.2. The van der Waals surface area contributed by atoms with Gasteiger partial charge < -0.3 is 28.0 Å². The van der Waals surface area contributed by atoms with Crippen molar-refractivity contribution in [2.24, 2.45) is 0 Å². The zero-order valence-electron chi connectivity index (χ0n) is 50.8. The lowest BCUT2D eigenvalue weighted by Crippen LogP contribution is -2.29. The lowest BCUT2D eigenvalue weighted by atomic mass is 9.80. The summed E-state index contributed by atoms with van der Waals surface area (Å²) in [7, 11) is -1.52. The van der Waals surface area contributed by atoms with E-state index >= 15 is 0 Å². The lowest BCUT2D eigenvalue weighted by molar-refractivity contribution is 0.426. The van der Waals surface area contributed by atoms with Crippen LogP contribution in [0.25, 0.3) is 155 Å². The maximum absolute atomic E-state index is 13.2. The Kier molecular flexibility index (Phi) is 15.1. The summed E-state index contributed by atoms with van der Waals surface area (Å²) in [6, 6.07) is 94.3. The van der Waals surface area contributed by atoms with E-state index in [0.29, 0.717) is 56.5 Å². The molecule has 0 atom stereocenters. The summed E-state index contributed by atoms with van der Waals surface area (Å²) in [4.78, 5) is 53.4. The van der Waals surface area contributed by atoms with Crippen LogP contribution in [0.4, 0.5) is 0 Å². The molecule has 0 aliphatic carbocycles. The van der Waals surface area contributed by atoms with Gasteiger partial charge in [0.2, 0.25) is 5.28 Å². The topological polar surface area (TPSA) is 188 Å². The molecule has 18 rings (SSSR count). The highest BCUT2D eigenvalue weighted by Crippen LogP contribution is 2.39. The van der Waals surface area contributed by atoms with Gasteiger partial charge in [0.25, 0.3) is 0 Å². The zero-order chi connectivity index (χ0) is 64.8. The lowest BCUT2D eigenvalue weighted by Gasteiger charge is -2.11. The Labute approximate surface area is 551 Å². The number of para-hydroxylation sites is 4. The molecule has 0 radical (unpaired) electrons. The Balaban J connectivity index is 0.000000124. The van der Waals surface area contributed by atoms with Crippen molar-refractivity contribution in [3.63, 3.8) is 0 Å². The highest BCUT2D eigenvalue weighted by Gasteiger charge is 2.21. The Bertz CT molecular complexity index is 6000. The van der Waals surface area contributed by atoms with Crippen LogP contribution in [-0.4, -0.2) is 56.2 Å². The van der Waals surface area contributed by atoms with Gasteiger partial charge in [-0.05, 0) is 102 Å². The van der Waals surface area contributed by atoms with Crippen molar-refractivity contribution in [2.45, 2.75) is 0 Å². The minimum absolute atomic E-state index is 0.202. The van der Waals surface area contributed by atoms with Gasteiger partial charge >= 0.3 is 18.4 Å². The highest BCUT2D eigenvalue weighted by atomic mass is 35.5. The van der Waals surface area contributed by atoms with E-state index in [1.54, 1.807) is 18.2 Å². The molecule has 14 nitrogen and oxygen atoms in total. The molecule has 456 valence electrons. The van der Waals surface area contributed by atoms with Crippen molar-refractivity contribution in [1.29, 1.82) is 0 Å². The van der Waals surface area contributed by atoms with E-state index in [4.69, 9.17) is 35.4 Å². The van der Waals surface area contributed by atoms with Gasteiger partial charge in [-0.3, -0.25) is 0 Å². The molecule has 0 fully saturated rings. The normalized spacial score (nSPS) is 11.4. The largest absolute Gasteiger partial charge is 0.488 e. The molecule has 2 N–H and O–H groups in total. The Hall–Kier alpha value is -12.5. The summed E-state index contributed by atoms with van der Waals surface area (Å²) in [5, 5.41) is 28.0. The summed E-state index contributed by atoms with van der Waals surface area (Å²) in [5.74, 6) is 3.00. The van der Waals surface area contributed by atoms with Crippen molar-refractivity contribution >= 4 is 111 Å². The first-order chi connectivity index (χ1) is 47.1. The quantitative estimate of drug-likeness (QED) is 0.0834. The van der Waals surface area contributed by atoms with Crippen LogP contribution in [0, 0.1) is 0 Å². The van der Waals surface area contributed by atoms with Crippen LogP contribution in [0.1, 0.15) is 0 Å². The van der Waals surface area contributed by atoms with Gasteiger partial charge in [-0.2, -0.15) is 9.97 Å². The van der Waals surface area contributed by atoms with Gasteiger partial charge in [0, 0.05) is 82.3 Å². The minimum Gasteiger partial charge on any atom is -0.423 e. The van der Waals surface area contributed by atoms with Crippen LogP contribution in [0.3, 0.4) is 0 Å². The Morgan fingerprint density at radius 3 is 0.979 bits per heavy atom. The van der Waals surface area contributed by atoms with E-state index in [-0.39, 0.29) is 16.5 Å². The van der Waals surface area contributed by atoms with Gasteiger partial charge in [-0.1, -0.05) is 206 Å². The highest BCUT2D eigenvalue weighted by molar-refractivity contribution is 6.58. The molecule has 0 saturated carbocycles. The van der Waals surface area contributed by atoms with E-state index in [1.807, 2.05) is 231 Å². The van der Waals surface area contributed by atoms with E-state index in [1.165, 1.54) is 0 Å². The molecular formula is C80H50BClN8O6. The van der Waals surface area contributed by atoms with Crippen molar-refractivity contribution in [1.82, 2.24) is 39.0 Å². The summed E-state index contributed by atoms with van der Waals surface area (Å²) in [6.45, 7) is 0. The number of hydrogen-bond acceptors (Lipinski definition) is 12. The van der Waals surface area contributed by atoms with E-state index in [2.05, 4.69) is 66.6 Å². The van der Waals surface area contributed by atoms with Gasteiger partial charge in [0.1, 0.15) is 11.2 Å². The second-order valence-electron chi connectivity index (χ2n) is 22.8. The number of rotatable bonds is 8. The molecule has 16 heteroatoms. The third-order valence-corrected chi connectivity index (χ3v) is 17.2. The van der Waals surface area contributed by atoms with Gasteiger partial charge in [-0.25, -0.2) is 29.5 Å². The predicted octanol–water partition coefficient (Wildman–Crippen LogP) is 16.8. The molecule has 6 aromatic heterocycles. The molecule has 0 saturated heterocycles. The van der Waals surface area contributed by atoms with Crippen LogP contribution in [0.15, 0.2) is 310 Å². The van der Waals surface area contributed by atoms with Crippen molar-refractivity contribution < 1.29 is 18.9 Å². The first-order valence-corrected chi connectivity index (χ1v) is 31.3. The standard InChI is InChI=1S/C40H24N4O2.C25H16BNO4.C15H10ClN3/c45-40-33-24-35-32(23-31(33)30-16-8-10-18-36(30)46-40)29-15-7-9-17-34(29)44(35)28-21-19-27(20-22-28)39-42-37(25-11-3-1-4-12-25)41-38(43-39)26-13-5-2-6-14-26;28-25-21-14-23-20(13-19(21)18-6-2-4-8-24(18)31-25)17-5-1-3-7-22(17)27(23)16-11-9-15(10-12-16)26(29)30;16-15-18-13(11-7-3-1-4-8-11)17-14(19-15)12-9-5-2-6-10-12/h1-24H;1-14,29-30H;1-10H. The SMILES string of the molecule is Clc1nc(-c2ccccc2)nc(-c2ccccc2)n1.O=c1oc2ccccc2c2cc3c4ccccc4n(-c4ccc(-c5nc(-c6ccccc6)nc(-c6ccccc6)n5)cc4)c3cc12.O=c1oc2ccccc2c2cc3c4ccccc4n(-c4ccc(B(O)O)cc4)c3cc12. The van der Waals surface area contributed by atoms with Gasteiger partial charge in [-0.15, -0.1) is 0 Å². The Morgan fingerprint density at radius 1 is 0.292 bits per heavy atom. The molecule has 0 spiro atoms. The van der Waals surface area contributed by atoms with E-state index < -0.39 is 7.12 Å². The van der Waals surface area contributed by atoms with E-state index in [0.717, 1.165) is 104 Å². The molecule has 0 unspecified atom stereocenters. The summed E-state index contributed by atoms with van der Waals surface area (Å²) >= 11 is 5.99. The number of aromatic nitrogens is 8. The van der Waals surface area contributed by atoms with Gasteiger partial charge in [0.05, 0.1) is 32.8 Å². The average molecular weight is 1270 g/mol. The third-order valence-electron chi connectivity index (χ3n) is 17.0. The number of nitrogens with zero attached hydrogens (tertiary/aromatic N) is 8. The first-order valence-electron chi connectivity index (χ1n) is 30.9. The molecule has 18 aromatic rings. The summed E-state index contributed by atoms with van der Waals surface area (Å²) in [5.41, 5.74) is 11.1. The molecule has 0 aliphatic heterocycles. The van der Waals surface area contributed by atoms with Crippen molar-refractivity contribution in [3.8, 4) is 68.3 Å². The fourth-order valence-corrected chi connectivity index (χ4v) is 12.7. The smallest absolute Gasteiger partial charge is 0.423 e. The van der Waals surface area contributed by atoms with Crippen LogP contribution in [0.5, 0.6) is 0 Å². The minimum atomic E-state index is -1.52. The average Bonchev–Trinajstić information content (AvgIpc) is 1.54. The molecule has 6 heterocycles. The molecule has 0 amide bonds. The molecule has 12 aromatic carbocycles. The zero-order valence-corrected chi connectivity index (χ0v) is 51.5. The predicted molar refractivity (Wildman–Crippen MR) is 384 cm³/mol. The third kappa shape index (κ3) is 11.0. The fraction of sp³-hybridized carbons (Fsp3) is 0. The summed E-state index contributed by atoms with van der Waals surface area (Å²) < 4.78 is 15.5. The van der Waals surface area contributed by atoms with Crippen molar-refractivity contribution in [2.75, 3.05) is 0 Å². The molecular weight excluding hydrogens is 1220 g/mol. The van der Waals surface area contributed by atoms with Crippen LogP contribution >= 0.6 is 11.6 Å². The van der Waals surface area contributed by atoms with E-state index in [9.17, 15) is 19.6 Å². The monoisotopic (exact) mass is 1260 g/mol. The number of hydrogen-bond donors (Lipinski definition) is 2. The van der Waals surface area contributed by atoms with Crippen LogP contribution < -0.4 is 16.7 Å². The maximum atomic E-state index is 13.2. The van der Waals surface area contributed by atoms with Crippen LogP contribution in [0.2, 0.25) is 5.28 Å². The maximum Gasteiger partial charge on any atom is 0.488 e. The van der Waals surface area contributed by atoms with Crippen molar-refractivity contribution in [3.05, 3.63) is 317 Å². The number of fused-ring (bicyclic) bond motifs is 12. The molecule has 96 heavy (non-hydrogen) atoms. The molecule has 0 bridgehead atoms. The summed E-state index contributed by atoms with van der Waals surface area (Å²) in [6.07, 6.45) is 0. The number of benzene rings is 12. The Morgan fingerprint density at radius 2 is 0.604 bits per heavy atom. The van der Waals surface area contributed by atoms with Gasteiger partial charge in [0.15, 0.2) is 29.1 Å². The van der Waals surface area contributed by atoms with Crippen LogP contribution in [-0.2, 0) is 0 Å². The molecule has 0 aliphatic rings. The fourth-order valence-electron chi connectivity index (χ4n) is 12.5.